The molecule has 1 N–H and O–H groups in total. The fourth-order valence-corrected chi connectivity index (χ4v) is 2.78. The second-order valence-electron chi connectivity index (χ2n) is 4.62. The maximum atomic E-state index is 6.31. The van der Waals surface area contributed by atoms with Crippen molar-refractivity contribution < 1.29 is 0 Å². The quantitative estimate of drug-likeness (QED) is 0.866. The molecule has 0 radical (unpaired) electrons. The topological polar surface area (TPSA) is 29.9 Å². The van der Waals surface area contributed by atoms with Crippen molar-refractivity contribution in [3.05, 3.63) is 44.2 Å². The van der Waals surface area contributed by atoms with Gasteiger partial charge in [0.2, 0.25) is 0 Å². The van der Waals surface area contributed by atoms with Gasteiger partial charge in [-0.25, -0.2) is 0 Å². The molecule has 3 nitrogen and oxygen atoms in total. The molecule has 0 saturated carbocycles. The van der Waals surface area contributed by atoms with Crippen LogP contribution in [0.15, 0.2) is 12.1 Å². The van der Waals surface area contributed by atoms with E-state index in [0.717, 1.165) is 29.1 Å². The Hall–Kier alpha value is -0.900. The van der Waals surface area contributed by atoms with E-state index in [1.165, 1.54) is 0 Å². The van der Waals surface area contributed by atoms with Crippen LogP contribution in [0.25, 0.3) is 0 Å². The van der Waals surface area contributed by atoms with E-state index in [1.54, 1.807) is 4.68 Å². The molecule has 0 atom stereocenters. The van der Waals surface area contributed by atoms with Crippen LogP contribution in [0.1, 0.15) is 23.9 Å². The Balaban J connectivity index is 2.21. The highest BCUT2D eigenvalue weighted by Gasteiger charge is 2.13. The lowest BCUT2D eigenvalue weighted by atomic mass is 10.2. The third-order valence-corrected chi connectivity index (χ3v) is 4.35. The smallest absolute Gasteiger partial charge is 0.0868 e. The summed E-state index contributed by atoms with van der Waals surface area (Å²) in [5, 5.41) is 9.66. The Labute approximate surface area is 133 Å². The molecule has 0 spiro atoms. The van der Waals surface area contributed by atoms with Crippen molar-refractivity contribution >= 4 is 40.5 Å². The van der Waals surface area contributed by atoms with Gasteiger partial charge in [0.15, 0.2) is 0 Å². The molecule has 0 amide bonds. The standard InChI is InChI=1S/C14H16Cl3N3/c1-4-11-14(17)13(20(3)19-11)7-18-12-6-9(15)8(2)5-10(12)16/h5-6,18H,4,7H2,1-3H3. The molecule has 1 aromatic heterocycles. The highest BCUT2D eigenvalue weighted by atomic mass is 35.5. The number of hydrogen-bond donors (Lipinski definition) is 1. The highest BCUT2D eigenvalue weighted by Crippen LogP contribution is 2.30. The summed E-state index contributed by atoms with van der Waals surface area (Å²) in [4.78, 5) is 0. The summed E-state index contributed by atoms with van der Waals surface area (Å²) >= 11 is 18.6. The van der Waals surface area contributed by atoms with Crippen molar-refractivity contribution in [2.75, 3.05) is 5.32 Å². The van der Waals surface area contributed by atoms with E-state index in [9.17, 15) is 0 Å². The minimum Gasteiger partial charge on any atom is -0.378 e. The summed E-state index contributed by atoms with van der Waals surface area (Å²) in [6.45, 7) is 4.49. The van der Waals surface area contributed by atoms with Crippen molar-refractivity contribution in [1.29, 1.82) is 0 Å². The molecule has 0 aliphatic rings. The van der Waals surface area contributed by atoms with Crippen LogP contribution < -0.4 is 5.32 Å². The number of aromatic nitrogens is 2. The summed E-state index contributed by atoms with van der Waals surface area (Å²) in [6.07, 6.45) is 0.809. The molecule has 1 heterocycles. The molecule has 20 heavy (non-hydrogen) atoms. The van der Waals surface area contributed by atoms with Gasteiger partial charge in [0, 0.05) is 12.1 Å². The van der Waals surface area contributed by atoms with E-state index in [1.807, 2.05) is 33.0 Å². The minimum atomic E-state index is 0.543. The highest BCUT2D eigenvalue weighted by molar-refractivity contribution is 6.35. The molecule has 0 unspecified atom stereocenters. The van der Waals surface area contributed by atoms with Gasteiger partial charge in [0.05, 0.1) is 33.7 Å². The zero-order valence-corrected chi connectivity index (χ0v) is 13.9. The van der Waals surface area contributed by atoms with E-state index in [-0.39, 0.29) is 0 Å². The van der Waals surface area contributed by atoms with Crippen LogP contribution in [0.2, 0.25) is 15.1 Å². The van der Waals surface area contributed by atoms with E-state index >= 15 is 0 Å². The van der Waals surface area contributed by atoms with Gasteiger partial charge in [-0.1, -0.05) is 41.7 Å². The average molecular weight is 333 g/mol. The van der Waals surface area contributed by atoms with Crippen LogP contribution in [-0.2, 0) is 20.0 Å². The Bertz CT molecular complexity index is 635. The number of aryl methyl sites for hydroxylation is 3. The van der Waals surface area contributed by atoms with Crippen LogP contribution in [0.4, 0.5) is 5.69 Å². The number of rotatable bonds is 4. The Morgan fingerprint density at radius 1 is 1.20 bits per heavy atom. The number of halogens is 3. The molecule has 0 fully saturated rings. The SMILES string of the molecule is CCc1nn(C)c(CNc2cc(Cl)c(C)cc2Cl)c1Cl. The monoisotopic (exact) mass is 331 g/mol. The summed E-state index contributed by atoms with van der Waals surface area (Å²) in [5.74, 6) is 0. The number of hydrogen-bond acceptors (Lipinski definition) is 2. The van der Waals surface area contributed by atoms with Gasteiger partial charge in [-0.2, -0.15) is 5.10 Å². The van der Waals surface area contributed by atoms with Crippen LogP contribution in [0, 0.1) is 6.92 Å². The van der Waals surface area contributed by atoms with Gasteiger partial charge in [-0.05, 0) is 31.0 Å². The molecule has 0 saturated heterocycles. The normalized spacial score (nSPS) is 10.9. The molecule has 2 rings (SSSR count). The summed E-state index contributed by atoms with van der Waals surface area (Å²) in [6, 6.07) is 3.67. The maximum absolute atomic E-state index is 6.31. The first-order chi connectivity index (χ1) is 9.43. The van der Waals surface area contributed by atoms with Crippen molar-refractivity contribution in [3.63, 3.8) is 0 Å². The van der Waals surface area contributed by atoms with Crippen LogP contribution in [0.3, 0.4) is 0 Å². The molecule has 1 aromatic carbocycles. The van der Waals surface area contributed by atoms with Crippen LogP contribution in [-0.4, -0.2) is 9.78 Å². The molecular weight excluding hydrogens is 317 g/mol. The minimum absolute atomic E-state index is 0.543. The second-order valence-corrected chi connectivity index (χ2v) is 5.81. The van der Waals surface area contributed by atoms with Gasteiger partial charge < -0.3 is 5.32 Å². The Morgan fingerprint density at radius 3 is 2.50 bits per heavy atom. The van der Waals surface area contributed by atoms with Gasteiger partial charge >= 0.3 is 0 Å². The lowest BCUT2D eigenvalue weighted by Crippen LogP contribution is -2.06. The zero-order valence-electron chi connectivity index (χ0n) is 11.6. The van der Waals surface area contributed by atoms with Crippen LogP contribution in [0.5, 0.6) is 0 Å². The fourth-order valence-electron chi connectivity index (χ4n) is 1.97. The van der Waals surface area contributed by atoms with Gasteiger partial charge in [-0.15, -0.1) is 0 Å². The van der Waals surface area contributed by atoms with Crippen molar-refractivity contribution in [1.82, 2.24) is 9.78 Å². The van der Waals surface area contributed by atoms with Crippen molar-refractivity contribution in [2.24, 2.45) is 7.05 Å². The average Bonchev–Trinajstić information content (AvgIpc) is 2.67. The van der Waals surface area contributed by atoms with Gasteiger partial charge in [0.25, 0.3) is 0 Å². The maximum Gasteiger partial charge on any atom is 0.0868 e. The predicted molar refractivity (Wildman–Crippen MR) is 86.1 cm³/mol. The van der Waals surface area contributed by atoms with Gasteiger partial charge in [-0.3, -0.25) is 4.68 Å². The number of benzene rings is 1. The van der Waals surface area contributed by atoms with Crippen molar-refractivity contribution in [2.45, 2.75) is 26.8 Å². The first kappa shape index (κ1) is 15.5. The first-order valence-electron chi connectivity index (χ1n) is 6.33. The van der Waals surface area contributed by atoms with Crippen LogP contribution >= 0.6 is 34.8 Å². The Morgan fingerprint density at radius 2 is 1.90 bits per heavy atom. The lowest BCUT2D eigenvalue weighted by Gasteiger charge is -2.11. The number of nitrogens with one attached hydrogen (secondary N) is 1. The lowest BCUT2D eigenvalue weighted by molar-refractivity contribution is 0.707. The number of anilines is 1. The summed E-state index contributed by atoms with van der Waals surface area (Å²) in [7, 11) is 1.88. The Kier molecular flexibility index (Phi) is 4.84. The summed E-state index contributed by atoms with van der Waals surface area (Å²) < 4.78 is 1.79. The van der Waals surface area contributed by atoms with E-state index in [2.05, 4.69) is 10.4 Å². The second kappa shape index (κ2) is 6.25. The third kappa shape index (κ3) is 3.05. The largest absolute Gasteiger partial charge is 0.378 e. The van der Waals surface area contributed by atoms with Gasteiger partial charge in [0.1, 0.15) is 0 Å². The predicted octanol–water partition coefficient (Wildman–Crippen LogP) is 4.86. The molecule has 0 aliphatic heterocycles. The first-order valence-corrected chi connectivity index (χ1v) is 7.47. The number of nitrogens with zero attached hydrogens (tertiary/aromatic N) is 2. The van der Waals surface area contributed by atoms with Crippen molar-refractivity contribution in [3.8, 4) is 0 Å². The summed E-state index contributed by atoms with van der Waals surface area (Å²) in [5.41, 5.74) is 3.57. The van der Waals surface area contributed by atoms with E-state index in [0.29, 0.717) is 21.6 Å². The zero-order chi connectivity index (χ0) is 14.9. The molecule has 6 heteroatoms. The third-order valence-electron chi connectivity index (χ3n) is 3.20. The molecule has 0 aliphatic carbocycles. The fraction of sp³-hybridized carbons (Fsp3) is 0.357. The van der Waals surface area contributed by atoms with E-state index in [4.69, 9.17) is 34.8 Å². The molecule has 2 aromatic rings. The molecule has 108 valence electrons. The molecular formula is C14H16Cl3N3. The molecule has 0 bridgehead atoms. The van der Waals surface area contributed by atoms with E-state index < -0.39 is 0 Å².